The third-order valence-corrected chi connectivity index (χ3v) is 5.79. The highest BCUT2D eigenvalue weighted by atomic mass is 32.1. The van der Waals surface area contributed by atoms with Crippen molar-refractivity contribution in [3.05, 3.63) is 57.8 Å². The van der Waals surface area contributed by atoms with E-state index in [0.29, 0.717) is 19.5 Å². The van der Waals surface area contributed by atoms with Crippen LogP contribution >= 0.6 is 11.3 Å². The number of hydrogen-bond donors (Lipinski definition) is 0. The van der Waals surface area contributed by atoms with Gasteiger partial charge in [0.25, 0.3) is 5.91 Å². The first-order valence-electron chi connectivity index (χ1n) is 8.66. The molecule has 1 saturated heterocycles. The lowest BCUT2D eigenvalue weighted by atomic mass is 10.0. The van der Waals surface area contributed by atoms with E-state index in [1.165, 1.54) is 11.3 Å². The highest BCUT2D eigenvalue weighted by Gasteiger charge is 2.30. The highest BCUT2D eigenvalue weighted by Crippen LogP contribution is 2.25. The van der Waals surface area contributed by atoms with E-state index >= 15 is 0 Å². The molecule has 4 nitrogen and oxygen atoms in total. The lowest BCUT2D eigenvalue weighted by Crippen LogP contribution is -2.31. The fourth-order valence-electron chi connectivity index (χ4n) is 3.27. The molecule has 3 rings (SSSR count). The smallest absolute Gasteiger partial charge is 0.264 e. The van der Waals surface area contributed by atoms with Crippen LogP contribution in [0.15, 0.2) is 41.8 Å². The molecule has 1 fully saturated rings. The maximum Gasteiger partial charge on any atom is 0.264 e. The summed E-state index contributed by atoms with van der Waals surface area (Å²) in [6.45, 7) is 4.03. The number of thiophene rings is 1. The van der Waals surface area contributed by atoms with E-state index < -0.39 is 0 Å². The van der Waals surface area contributed by atoms with E-state index in [2.05, 4.69) is 0 Å². The molecule has 1 aromatic heterocycles. The second kappa shape index (κ2) is 7.83. The summed E-state index contributed by atoms with van der Waals surface area (Å²) in [5, 5.41) is 1.96. The van der Waals surface area contributed by atoms with Gasteiger partial charge in [0.05, 0.1) is 4.88 Å². The Hall–Kier alpha value is -2.14. The fourth-order valence-corrected chi connectivity index (χ4v) is 4.16. The number of rotatable bonds is 5. The van der Waals surface area contributed by atoms with Gasteiger partial charge in [-0.1, -0.05) is 30.3 Å². The Balaban J connectivity index is 1.51. The number of likely N-dealkylation sites (tertiary alicyclic amines) is 1. The molecule has 0 bridgehead atoms. The molecule has 0 N–H and O–H groups in total. The van der Waals surface area contributed by atoms with Crippen molar-refractivity contribution in [3.63, 3.8) is 0 Å². The van der Waals surface area contributed by atoms with E-state index in [-0.39, 0.29) is 17.7 Å². The second-order valence-electron chi connectivity index (χ2n) is 6.78. The number of amides is 2. The Kier molecular flexibility index (Phi) is 5.53. The third-order valence-electron chi connectivity index (χ3n) is 4.78. The summed E-state index contributed by atoms with van der Waals surface area (Å²) >= 11 is 1.50. The highest BCUT2D eigenvalue weighted by molar-refractivity contribution is 7.12. The Morgan fingerprint density at radius 1 is 1.24 bits per heavy atom. The summed E-state index contributed by atoms with van der Waals surface area (Å²) in [5.41, 5.74) is 2.17. The number of benzene rings is 1. The SMILES string of the molecule is Cc1ccsc1C(=O)N1CCC(CC(=O)N(C)Cc2ccccc2)C1. The Morgan fingerprint density at radius 3 is 2.68 bits per heavy atom. The predicted octanol–water partition coefficient (Wildman–Crippen LogP) is 3.57. The molecule has 0 spiro atoms. The molecule has 1 unspecified atom stereocenters. The van der Waals surface area contributed by atoms with Gasteiger partial charge in [-0.2, -0.15) is 0 Å². The maximum absolute atomic E-state index is 12.6. The molecule has 5 heteroatoms. The molecule has 0 aliphatic carbocycles. The molecule has 2 aromatic rings. The van der Waals surface area contributed by atoms with Crippen LogP contribution in [0.2, 0.25) is 0 Å². The zero-order valence-electron chi connectivity index (χ0n) is 14.8. The van der Waals surface area contributed by atoms with Gasteiger partial charge < -0.3 is 9.80 Å². The standard InChI is InChI=1S/C20H24N2O2S/c1-15-9-11-25-19(15)20(24)22-10-8-17(14-22)12-18(23)21(2)13-16-6-4-3-5-7-16/h3-7,9,11,17H,8,10,12-14H2,1-2H3. The fraction of sp³-hybridized carbons (Fsp3) is 0.400. The first-order chi connectivity index (χ1) is 12.0. The lowest BCUT2D eigenvalue weighted by Gasteiger charge is -2.20. The first kappa shape index (κ1) is 17.7. The van der Waals surface area contributed by atoms with Gasteiger partial charge >= 0.3 is 0 Å². The van der Waals surface area contributed by atoms with Crippen LogP contribution < -0.4 is 0 Å². The minimum atomic E-state index is 0.111. The van der Waals surface area contributed by atoms with Gasteiger partial charge in [-0.05, 0) is 41.8 Å². The van der Waals surface area contributed by atoms with Crippen molar-refractivity contribution >= 4 is 23.2 Å². The zero-order valence-corrected chi connectivity index (χ0v) is 15.6. The summed E-state index contributed by atoms with van der Waals surface area (Å²) < 4.78 is 0. The second-order valence-corrected chi connectivity index (χ2v) is 7.69. The van der Waals surface area contributed by atoms with Crippen molar-refractivity contribution in [2.24, 2.45) is 5.92 Å². The van der Waals surface area contributed by atoms with Gasteiger partial charge in [-0.15, -0.1) is 11.3 Å². The van der Waals surface area contributed by atoms with Gasteiger partial charge in [0.15, 0.2) is 0 Å². The van der Waals surface area contributed by atoms with Crippen LogP contribution in [-0.4, -0.2) is 41.8 Å². The van der Waals surface area contributed by atoms with Crippen LogP contribution in [0.5, 0.6) is 0 Å². The quantitative estimate of drug-likeness (QED) is 0.822. The normalized spacial score (nSPS) is 16.9. The van der Waals surface area contributed by atoms with Gasteiger partial charge in [0.1, 0.15) is 0 Å². The van der Waals surface area contributed by atoms with Crippen molar-refractivity contribution in [3.8, 4) is 0 Å². The van der Waals surface area contributed by atoms with Gasteiger partial charge in [0.2, 0.25) is 5.91 Å². The van der Waals surface area contributed by atoms with E-state index in [4.69, 9.17) is 0 Å². The number of carbonyl (C=O) groups excluding carboxylic acids is 2. The van der Waals surface area contributed by atoms with E-state index in [9.17, 15) is 9.59 Å². The predicted molar refractivity (Wildman–Crippen MR) is 101 cm³/mol. The summed E-state index contributed by atoms with van der Waals surface area (Å²) in [6, 6.07) is 12.0. The molecule has 1 aliphatic rings. The maximum atomic E-state index is 12.6. The molecule has 0 saturated carbocycles. The molecule has 0 radical (unpaired) electrons. The van der Waals surface area contributed by atoms with Crippen molar-refractivity contribution < 1.29 is 9.59 Å². The zero-order chi connectivity index (χ0) is 17.8. The third kappa shape index (κ3) is 4.28. The lowest BCUT2D eigenvalue weighted by molar-refractivity contribution is -0.131. The van der Waals surface area contributed by atoms with Gasteiger partial charge in [-0.3, -0.25) is 9.59 Å². The number of hydrogen-bond acceptors (Lipinski definition) is 3. The summed E-state index contributed by atoms with van der Waals surface area (Å²) in [5.74, 6) is 0.519. The van der Waals surface area contributed by atoms with Gasteiger partial charge in [0, 0.05) is 33.1 Å². The molecule has 132 valence electrons. The van der Waals surface area contributed by atoms with E-state index in [1.54, 1.807) is 4.90 Å². The van der Waals surface area contributed by atoms with Crippen molar-refractivity contribution in [2.75, 3.05) is 20.1 Å². The summed E-state index contributed by atoms with van der Waals surface area (Å²) in [7, 11) is 1.85. The molecule has 1 aliphatic heterocycles. The largest absolute Gasteiger partial charge is 0.341 e. The molecule has 1 atom stereocenters. The Morgan fingerprint density at radius 2 is 2.00 bits per heavy atom. The number of nitrogens with zero attached hydrogens (tertiary/aromatic N) is 2. The van der Waals surface area contributed by atoms with Crippen molar-refractivity contribution in [1.82, 2.24) is 9.80 Å². The summed E-state index contributed by atoms with van der Waals surface area (Å²) in [6.07, 6.45) is 1.41. The average Bonchev–Trinajstić information content (AvgIpc) is 3.24. The first-order valence-corrected chi connectivity index (χ1v) is 9.54. The van der Waals surface area contributed by atoms with Crippen molar-refractivity contribution in [1.29, 1.82) is 0 Å². The minimum Gasteiger partial charge on any atom is -0.341 e. The molecule has 25 heavy (non-hydrogen) atoms. The Bertz CT molecular complexity index is 741. The van der Waals surface area contributed by atoms with Crippen LogP contribution in [-0.2, 0) is 11.3 Å². The topological polar surface area (TPSA) is 40.6 Å². The monoisotopic (exact) mass is 356 g/mol. The molecular weight excluding hydrogens is 332 g/mol. The minimum absolute atomic E-state index is 0.111. The average molecular weight is 356 g/mol. The van der Waals surface area contributed by atoms with Crippen LogP contribution in [0.3, 0.4) is 0 Å². The van der Waals surface area contributed by atoms with Crippen LogP contribution in [0.25, 0.3) is 0 Å². The summed E-state index contributed by atoms with van der Waals surface area (Å²) in [4.78, 5) is 29.6. The van der Waals surface area contributed by atoms with E-state index in [1.807, 2.05) is 60.6 Å². The van der Waals surface area contributed by atoms with Gasteiger partial charge in [-0.25, -0.2) is 0 Å². The van der Waals surface area contributed by atoms with Crippen LogP contribution in [0.4, 0.5) is 0 Å². The Labute approximate surface area is 153 Å². The number of aryl methyl sites for hydroxylation is 1. The molecule has 1 aromatic carbocycles. The van der Waals surface area contributed by atoms with Crippen LogP contribution in [0, 0.1) is 12.8 Å². The molecule has 2 amide bonds. The van der Waals surface area contributed by atoms with Crippen LogP contribution in [0.1, 0.15) is 33.6 Å². The molecular formula is C20H24N2O2S. The molecule has 2 heterocycles. The van der Waals surface area contributed by atoms with E-state index in [0.717, 1.165) is 29.0 Å². The van der Waals surface area contributed by atoms with Crippen molar-refractivity contribution in [2.45, 2.75) is 26.3 Å². The number of carbonyl (C=O) groups is 2.